The largest absolute Gasteiger partial charge is 0.495 e. The Morgan fingerprint density at radius 3 is 2.54 bits per heavy atom. The number of benzene rings is 2. The van der Waals surface area contributed by atoms with Crippen molar-refractivity contribution in [3.05, 3.63) is 52.5 Å². The molecule has 0 atom stereocenters. The van der Waals surface area contributed by atoms with E-state index in [0.717, 1.165) is 4.47 Å². The average Bonchev–Trinajstić information content (AvgIpc) is 2.60. The minimum Gasteiger partial charge on any atom is -0.495 e. The van der Waals surface area contributed by atoms with E-state index >= 15 is 0 Å². The number of ether oxygens (including phenoxy) is 3. The number of carbonyl (C=O) groups is 1. The van der Waals surface area contributed by atoms with E-state index in [-0.39, 0.29) is 17.1 Å². The number of halogens is 3. The topological polar surface area (TPSA) is 56.8 Å². The number of anilines is 1. The molecule has 0 aliphatic heterocycles. The van der Waals surface area contributed by atoms with E-state index in [1.54, 1.807) is 24.3 Å². The van der Waals surface area contributed by atoms with Crippen molar-refractivity contribution in [2.24, 2.45) is 0 Å². The predicted molar refractivity (Wildman–Crippen MR) is 98.0 cm³/mol. The molecule has 0 unspecified atom stereocenters. The number of hydrogen-bond donors (Lipinski definition) is 1. The van der Waals surface area contributed by atoms with Crippen molar-refractivity contribution in [3.8, 4) is 17.2 Å². The Balaban J connectivity index is 2.22. The summed E-state index contributed by atoms with van der Waals surface area (Å²) in [5, 5.41) is 2.66. The second kappa shape index (κ2) is 9.19. The van der Waals surface area contributed by atoms with Crippen LogP contribution in [0.3, 0.4) is 0 Å². The summed E-state index contributed by atoms with van der Waals surface area (Å²) in [7, 11) is 2.83. The molecule has 0 radical (unpaired) electrons. The Bertz CT molecular complexity index is 812. The first kappa shape index (κ1) is 19.7. The monoisotopic (exact) mass is 427 g/mol. The second-order valence-corrected chi connectivity index (χ2v) is 5.84. The van der Waals surface area contributed by atoms with E-state index < -0.39 is 12.5 Å². The molecule has 8 heteroatoms. The second-order valence-electron chi connectivity index (χ2n) is 4.92. The van der Waals surface area contributed by atoms with Crippen molar-refractivity contribution in [1.82, 2.24) is 0 Å². The van der Waals surface area contributed by atoms with Gasteiger partial charge in [0, 0.05) is 16.1 Å². The number of hydrogen-bond acceptors (Lipinski definition) is 4. The molecule has 0 aromatic heterocycles. The first-order valence-corrected chi connectivity index (χ1v) is 8.18. The van der Waals surface area contributed by atoms with Crippen LogP contribution in [0.5, 0.6) is 17.2 Å². The highest BCUT2D eigenvalue weighted by molar-refractivity contribution is 9.10. The van der Waals surface area contributed by atoms with Gasteiger partial charge in [-0.3, -0.25) is 4.79 Å². The molecule has 0 heterocycles. The minimum absolute atomic E-state index is 0.140. The first-order valence-electron chi connectivity index (χ1n) is 7.39. The molecule has 5 nitrogen and oxygen atoms in total. The highest BCUT2D eigenvalue weighted by Gasteiger charge is 2.14. The SMILES string of the molecule is COc1ccc(Br)cc1NC(=O)C=Cc1cccc(OC)c1OC(F)F. The highest BCUT2D eigenvalue weighted by atomic mass is 79.9. The smallest absolute Gasteiger partial charge is 0.387 e. The molecular formula is C18H16BrF2NO4. The molecule has 26 heavy (non-hydrogen) atoms. The van der Waals surface area contributed by atoms with Crippen molar-refractivity contribution >= 4 is 33.6 Å². The van der Waals surface area contributed by atoms with Gasteiger partial charge in [-0.1, -0.05) is 28.1 Å². The number of methoxy groups -OCH3 is 2. The van der Waals surface area contributed by atoms with Gasteiger partial charge >= 0.3 is 6.61 Å². The number of carbonyl (C=O) groups excluding carboxylic acids is 1. The third-order valence-electron chi connectivity index (χ3n) is 3.27. The summed E-state index contributed by atoms with van der Waals surface area (Å²) in [6, 6.07) is 9.77. The number of alkyl halides is 2. The number of amides is 1. The summed E-state index contributed by atoms with van der Waals surface area (Å²) in [6.07, 6.45) is 2.56. The molecule has 2 aromatic rings. The molecule has 0 fully saturated rings. The Morgan fingerprint density at radius 1 is 1.15 bits per heavy atom. The molecule has 0 saturated heterocycles. The van der Waals surface area contributed by atoms with Crippen LogP contribution in [0.25, 0.3) is 6.08 Å². The van der Waals surface area contributed by atoms with E-state index in [1.807, 2.05) is 0 Å². The van der Waals surface area contributed by atoms with Gasteiger partial charge in [-0.25, -0.2) is 0 Å². The molecule has 1 N–H and O–H groups in total. The fourth-order valence-corrected chi connectivity index (χ4v) is 2.52. The van der Waals surface area contributed by atoms with Crippen LogP contribution >= 0.6 is 15.9 Å². The predicted octanol–water partition coefficient (Wildman–Crippen LogP) is 4.72. The third kappa shape index (κ3) is 5.19. The van der Waals surface area contributed by atoms with E-state index in [9.17, 15) is 13.6 Å². The van der Waals surface area contributed by atoms with Crippen molar-refractivity contribution < 1.29 is 27.8 Å². The van der Waals surface area contributed by atoms with Crippen molar-refractivity contribution in [2.75, 3.05) is 19.5 Å². The normalized spacial score (nSPS) is 10.8. The summed E-state index contributed by atoms with van der Waals surface area (Å²) in [5.41, 5.74) is 0.743. The zero-order chi connectivity index (χ0) is 19.1. The molecule has 0 saturated carbocycles. The molecule has 0 aliphatic carbocycles. The zero-order valence-corrected chi connectivity index (χ0v) is 15.5. The molecule has 0 aliphatic rings. The minimum atomic E-state index is -3.02. The summed E-state index contributed by atoms with van der Waals surface area (Å²) in [4.78, 5) is 12.2. The lowest BCUT2D eigenvalue weighted by Gasteiger charge is -2.12. The lowest BCUT2D eigenvalue weighted by Crippen LogP contribution is -2.09. The molecule has 138 valence electrons. The molecule has 2 rings (SSSR count). The lowest BCUT2D eigenvalue weighted by molar-refractivity contribution is -0.111. The van der Waals surface area contributed by atoms with Gasteiger partial charge in [0.25, 0.3) is 0 Å². The molecule has 0 spiro atoms. The van der Waals surface area contributed by atoms with Gasteiger partial charge in [0.15, 0.2) is 11.5 Å². The van der Waals surface area contributed by atoms with Crippen molar-refractivity contribution in [1.29, 1.82) is 0 Å². The van der Waals surface area contributed by atoms with Crippen LogP contribution in [-0.4, -0.2) is 26.7 Å². The van der Waals surface area contributed by atoms with Crippen LogP contribution in [0.15, 0.2) is 46.9 Å². The van der Waals surface area contributed by atoms with Crippen LogP contribution in [0, 0.1) is 0 Å². The molecule has 2 aromatic carbocycles. The van der Waals surface area contributed by atoms with Crippen LogP contribution in [0.2, 0.25) is 0 Å². The van der Waals surface area contributed by atoms with Gasteiger partial charge in [0.2, 0.25) is 5.91 Å². The first-order chi connectivity index (χ1) is 12.4. The Labute approximate surface area is 157 Å². The summed E-state index contributed by atoms with van der Waals surface area (Å²) in [5.74, 6) is 0.0147. The van der Waals surface area contributed by atoms with E-state index in [4.69, 9.17) is 9.47 Å². The fourth-order valence-electron chi connectivity index (χ4n) is 2.16. The summed E-state index contributed by atoms with van der Waals surface area (Å²) >= 11 is 3.31. The van der Waals surface area contributed by atoms with Crippen LogP contribution in [-0.2, 0) is 4.79 Å². The Kier molecular flexibility index (Phi) is 6.97. The zero-order valence-electron chi connectivity index (χ0n) is 14.0. The third-order valence-corrected chi connectivity index (χ3v) is 3.76. The fraction of sp³-hybridized carbons (Fsp3) is 0.167. The lowest BCUT2D eigenvalue weighted by atomic mass is 10.1. The number of para-hydroxylation sites is 1. The summed E-state index contributed by atoms with van der Waals surface area (Å²) in [6.45, 7) is -3.02. The van der Waals surface area contributed by atoms with Gasteiger partial charge in [0.05, 0.1) is 19.9 Å². The van der Waals surface area contributed by atoms with Crippen molar-refractivity contribution in [3.63, 3.8) is 0 Å². The van der Waals surface area contributed by atoms with Gasteiger partial charge in [-0.15, -0.1) is 0 Å². The van der Waals surface area contributed by atoms with Crippen LogP contribution in [0.1, 0.15) is 5.56 Å². The number of nitrogens with one attached hydrogen (secondary N) is 1. The standard InChI is InChI=1S/C18H16BrF2NO4/c1-24-14-8-7-12(19)10-13(14)22-16(23)9-6-11-4-3-5-15(25-2)17(11)26-18(20)21/h3-10,18H,1-2H3,(H,22,23). The van der Waals surface area contributed by atoms with Gasteiger partial charge < -0.3 is 19.5 Å². The molecule has 1 amide bonds. The Morgan fingerprint density at radius 2 is 1.88 bits per heavy atom. The van der Waals surface area contributed by atoms with E-state index in [0.29, 0.717) is 11.4 Å². The van der Waals surface area contributed by atoms with E-state index in [1.165, 1.54) is 38.5 Å². The number of rotatable bonds is 7. The molecule has 0 bridgehead atoms. The van der Waals surface area contributed by atoms with Crippen LogP contribution < -0.4 is 19.5 Å². The maximum absolute atomic E-state index is 12.6. The van der Waals surface area contributed by atoms with E-state index in [2.05, 4.69) is 26.0 Å². The average molecular weight is 428 g/mol. The quantitative estimate of drug-likeness (QED) is 0.649. The maximum atomic E-state index is 12.6. The summed E-state index contributed by atoms with van der Waals surface area (Å²) < 4.78 is 40.7. The van der Waals surface area contributed by atoms with Gasteiger partial charge in [-0.2, -0.15) is 8.78 Å². The van der Waals surface area contributed by atoms with Gasteiger partial charge in [-0.05, 0) is 30.3 Å². The molecular weight excluding hydrogens is 412 g/mol. The van der Waals surface area contributed by atoms with Gasteiger partial charge in [0.1, 0.15) is 5.75 Å². The van der Waals surface area contributed by atoms with Crippen LogP contribution in [0.4, 0.5) is 14.5 Å². The maximum Gasteiger partial charge on any atom is 0.387 e. The highest BCUT2D eigenvalue weighted by Crippen LogP contribution is 2.33. The Hall–Kier alpha value is -2.61. The van der Waals surface area contributed by atoms with Crippen molar-refractivity contribution in [2.45, 2.75) is 6.61 Å².